The first kappa shape index (κ1) is 28.2. The molecule has 0 atom stereocenters. The van der Waals surface area contributed by atoms with Crippen LogP contribution in [0.15, 0.2) is 152 Å². The second-order valence-electron chi connectivity index (χ2n) is 16.0. The maximum atomic E-state index is 11.3. The smallest absolute Gasteiger partial charge is 0.149 e. The Morgan fingerprint density at radius 2 is 1.31 bits per heavy atom. The summed E-state index contributed by atoms with van der Waals surface area (Å²) in [5, 5.41) is 11.3. The first-order valence-corrected chi connectivity index (χ1v) is 18.5. The van der Waals surface area contributed by atoms with Crippen LogP contribution in [0, 0.1) is 6.85 Å². The van der Waals surface area contributed by atoms with Crippen molar-refractivity contribution < 1.29 is 14.7 Å². The van der Waals surface area contributed by atoms with E-state index in [2.05, 4.69) is 94.6 Å². The number of para-hydroxylation sites is 2. The van der Waals surface area contributed by atoms with Gasteiger partial charge in [-0.3, -0.25) is 9.55 Å². The summed E-state index contributed by atoms with van der Waals surface area (Å²) < 4.78 is 60.3. The van der Waals surface area contributed by atoms with Crippen molar-refractivity contribution in [2.45, 2.75) is 59.2 Å². The number of aromatic hydroxyl groups is 1. The Hall–Kier alpha value is -6.26. The van der Waals surface area contributed by atoms with Crippen molar-refractivity contribution >= 4 is 11.0 Å². The number of imidazole rings is 1. The Morgan fingerprint density at radius 1 is 0.600 bits per heavy atom. The molecule has 2 heterocycles. The van der Waals surface area contributed by atoms with Gasteiger partial charge in [0.15, 0.2) is 0 Å². The Bertz CT molecular complexity index is 3000. The van der Waals surface area contributed by atoms with Crippen LogP contribution in [0.5, 0.6) is 5.75 Å². The van der Waals surface area contributed by atoms with Crippen molar-refractivity contribution in [2.75, 3.05) is 0 Å². The zero-order chi connectivity index (χ0) is 44.5. The van der Waals surface area contributed by atoms with Gasteiger partial charge in [-0.05, 0) is 111 Å². The third kappa shape index (κ3) is 6.97. The van der Waals surface area contributed by atoms with E-state index >= 15 is 0 Å². The first-order valence-electron chi connectivity index (χ1n) is 22.0. The second-order valence-corrected chi connectivity index (χ2v) is 16.0. The molecule has 0 unspecified atom stereocenters. The number of aromatic nitrogens is 3. The van der Waals surface area contributed by atoms with Gasteiger partial charge in [-0.15, -0.1) is 0 Å². The van der Waals surface area contributed by atoms with Gasteiger partial charge in [0.2, 0.25) is 0 Å². The van der Waals surface area contributed by atoms with Crippen LogP contribution in [-0.4, -0.2) is 19.6 Å². The minimum absolute atomic E-state index is 0.00211. The predicted molar refractivity (Wildman–Crippen MR) is 230 cm³/mol. The lowest BCUT2D eigenvalue weighted by molar-refractivity contribution is 0.477. The Labute approximate surface area is 334 Å². The standard InChI is InChI=1S/C51H47N3O/c1-33-20-22-35(23-21-33)37-26-27-52-44(32-37)39-28-38(29-40(30-39)50(2,3)4)41-17-13-18-46-48(41)53-49(42-16-11-12-19-47(42)55)54(46)45-25-24-36(31-43(45)51(5,6)7)34-14-9-8-10-15-34/h8-32,55H,1-7H3/i1D3,20D,21D,22D,23D. The molecule has 8 aromatic rings. The monoisotopic (exact) mass is 724 g/mol. The van der Waals surface area contributed by atoms with E-state index in [1.807, 2.05) is 48.5 Å². The van der Waals surface area contributed by atoms with Crippen LogP contribution in [0.1, 0.15) is 67.8 Å². The molecular formula is C51H47N3O. The number of phenolic OH excluding ortho intramolecular Hbond substituents is 1. The highest BCUT2D eigenvalue weighted by molar-refractivity contribution is 5.97. The average molecular weight is 725 g/mol. The zero-order valence-electron chi connectivity index (χ0n) is 38.9. The van der Waals surface area contributed by atoms with Gasteiger partial charge in [-0.25, -0.2) is 4.98 Å². The van der Waals surface area contributed by atoms with Gasteiger partial charge in [0, 0.05) is 21.4 Å². The molecule has 1 N–H and O–H groups in total. The molecule has 55 heavy (non-hydrogen) atoms. The fourth-order valence-electron chi connectivity index (χ4n) is 7.13. The summed E-state index contributed by atoms with van der Waals surface area (Å²) in [5.74, 6) is 0.705. The van der Waals surface area contributed by atoms with Crippen LogP contribution >= 0.6 is 0 Å². The van der Waals surface area contributed by atoms with Crippen LogP contribution in [0.3, 0.4) is 0 Å². The van der Waals surface area contributed by atoms with Crippen molar-refractivity contribution in [2.24, 2.45) is 0 Å². The molecule has 0 saturated carbocycles. The van der Waals surface area contributed by atoms with Gasteiger partial charge in [0.05, 0.1) is 33.5 Å². The molecule has 0 aliphatic rings. The Morgan fingerprint density at radius 3 is 2.04 bits per heavy atom. The maximum absolute atomic E-state index is 11.3. The number of rotatable bonds is 6. The van der Waals surface area contributed by atoms with E-state index in [1.54, 1.807) is 30.5 Å². The largest absolute Gasteiger partial charge is 0.507 e. The summed E-state index contributed by atoms with van der Waals surface area (Å²) in [6, 6.07) is 37.8. The minimum atomic E-state index is -2.81. The van der Waals surface area contributed by atoms with E-state index in [0.29, 0.717) is 22.6 Å². The lowest BCUT2D eigenvalue weighted by Gasteiger charge is -2.25. The van der Waals surface area contributed by atoms with Gasteiger partial charge in [-0.1, -0.05) is 138 Å². The molecule has 4 heteroatoms. The third-order valence-electron chi connectivity index (χ3n) is 10.1. The van der Waals surface area contributed by atoms with Crippen LogP contribution in [0.2, 0.25) is 0 Å². The van der Waals surface area contributed by atoms with Gasteiger partial charge in [0.25, 0.3) is 0 Å². The van der Waals surface area contributed by atoms with Gasteiger partial charge < -0.3 is 5.11 Å². The van der Waals surface area contributed by atoms with Crippen molar-refractivity contribution in [3.8, 4) is 67.5 Å². The number of pyridine rings is 1. The lowest BCUT2D eigenvalue weighted by Crippen LogP contribution is -2.16. The fraction of sp³-hybridized carbons (Fsp3) is 0.176. The molecule has 0 fully saturated rings. The van der Waals surface area contributed by atoms with Crippen LogP contribution in [-0.2, 0) is 10.8 Å². The molecule has 272 valence electrons. The number of nitrogens with zero attached hydrogens (tertiary/aromatic N) is 3. The van der Waals surface area contributed by atoms with E-state index in [4.69, 9.17) is 19.6 Å². The summed E-state index contributed by atoms with van der Waals surface area (Å²) in [7, 11) is 0. The van der Waals surface area contributed by atoms with E-state index in [9.17, 15) is 5.11 Å². The quantitative estimate of drug-likeness (QED) is 0.186. The average Bonchev–Trinajstić information content (AvgIpc) is 3.62. The molecular weight excluding hydrogens is 671 g/mol. The molecule has 0 saturated heterocycles. The summed E-state index contributed by atoms with van der Waals surface area (Å²) in [4.78, 5) is 10.1. The van der Waals surface area contributed by atoms with Crippen LogP contribution < -0.4 is 0 Å². The number of hydrogen-bond donors (Lipinski definition) is 1. The van der Waals surface area contributed by atoms with E-state index in [1.165, 1.54) is 0 Å². The molecule has 0 radical (unpaired) electrons. The fourth-order valence-corrected chi connectivity index (χ4v) is 7.13. The molecule has 2 aromatic heterocycles. The Kier molecular flexibility index (Phi) is 7.11. The van der Waals surface area contributed by atoms with E-state index < -0.39 is 36.6 Å². The molecule has 4 nitrogen and oxygen atoms in total. The highest BCUT2D eigenvalue weighted by atomic mass is 16.3. The molecule has 0 amide bonds. The number of fused-ring (bicyclic) bond motifs is 1. The van der Waals surface area contributed by atoms with Crippen LogP contribution in [0.4, 0.5) is 0 Å². The topological polar surface area (TPSA) is 50.9 Å². The molecule has 0 aliphatic heterocycles. The van der Waals surface area contributed by atoms with Crippen LogP contribution in [0.25, 0.3) is 72.7 Å². The zero-order valence-corrected chi connectivity index (χ0v) is 31.9. The summed E-state index contributed by atoms with van der Waals surface area (Å²) in [6.07, 6.45) is 1.56. The van der Waals surface area contributed by atoms with Crippen molar-refractivity contribution in [3.05, 3.63) is 168 Å². The minimum Gasteiger partial charge on any atom is -0.507 e. The molecule has 0 spiro atoms. The predicted octanol–water partition coefficient (Wildman–Crippen LogP) is 13.4. The highest BCUT2D eigenvalue weighted by Crippen LogP contribution is 2.42. The molecule has 6 aromatic carbocycles. The van der Waals surface area contributed by atoms with Crippen molar-refractivity contribution in [1.82, 2.24) is 14.5 Å². The van der Waals surface area contributed by atoms with Gasteiger partial charge in [-0.2, -0.15) is 0 Å². The highest BCUT2D eigenvalue weighted by Gasteiger charge is 2.26. The first-order chi connectivity index (χ1) is 29.2. The van der Waals surface area contributed by atoms with E-state index in [-0.39, 0.29) is 22.1 Å². The molecule has 0 bridgehead atoms. The Balaban J connectivity index is 1.36. The SMILES string of the molecule is [2H]c1c([2H])c(C([2H])([2H])[2H])c([2H])c([2H])c1-c1ccnc(-c2cc(-c3cccc4c3nc(-c3ccccc3O)n4-c3ccc(-c4ccccc4)cc3C(C)(C)C)cc(C(C)(C)C)c2)c1. The second kappa shape index (κ2) is 13.9. The van der Waals surface area contributed by atoms with Crippen molar-refractivity contribution in [1.29, 1.82) is 0 Å². The van der Waals surface area contributed by atoms with Gasteiger partial charge in [0.1, 0.15) is 11.6 Å². The number of hydrogen-bond acceptors (Lipinski definition) is 3. The van der Waals surface area contributed by atoms with E-state index in [0.717, 1.165) is 55.7 Å². The molecule has 8 rings (SSSR count). The van der Waals surface area contributed by atoms with Gasteiger partial charge >= 0.3 is 0 Å². The summed E-state index contributed by atoms with van der Waals surface area (Å²) >= 11 is 0. The molecule has 0 aliphatic carbocycles. The lowest BCUT2D eigenvalue weighted by atomic mass is 9.83. The van der Waals surface area contributed by atoms with Crippen molar-refractivity contribution in [3.63, 3.8) is 0 Å². The maximum Gasteiger partial charge on any atom is 0.149 e. The summed E-state index contributed by atoms with van der Waals surface area (Å²) in [5.41, 5.74) is 9.71. The third-order valence-corrected chi connectivity index (χ3v) is 10.1. The normalized spacial score (nSPS) is 14.0. The number of phenols is 1. The number of benzene rings is 6. The summed E-state index contributed by atoms with van der Waals surface area (Å²) in [6.45, 7) is 10.2.